The largest absolute Gasteiger partial charge is 0.495 e. The number of nitrogens with one attached hydrogen (secondary N) is 2. The number of amides is 2. The summed E-state index contributed by atoms with van der Waals surface area (Å²) in [5.74, 6) is 1.67. The first-order chi connectivity index (χ1) is 16.7. The molecule has 1 atom stereocenters. The van der Waals surface area contributed by atoms with Gasteiger partial charge in [-0.15, -0.1) is 0 Å². The Bertz CT molecular complexity index is 1110. The number of fused-ring (bicyclic) bond motifs is 1. The summed E-state index contributed by atoms with van der Waals surface area (Å²) in [6, 6.07) is 5.56. The first kappa shape index (κ1) is 24.7. The topological polar surface area (TPSA) is 103 Å². The van der Waals surface area contributed by atoms with Crippen molar-refractivity contribution in [2.75, 3.05) is 62.1 Å². The van der Waals surface area contributed by atoms with Gasteiger partial charge >= 0.3 is 0 Å². The van der Waals surface area contributed by atoms with Crippen molar-refractivity contribution in [3.63, 3.8) is 0 Å². The van der Waals surface area contributed by atoms with E-state index in [1.807, 2.05) is 31.7 Å². The molecule has 1 aromatic heterocycles. The number of hydrogen-bond acceptors (Lipinski definition) is 8. The molecule has 0 saturated carbocycles. The molecule has 4 rings (SSSR count). The number of methoxy groups -OCH3 is 1. The molecule has 0 aliphatic carbocycles. The van der Waals surface area contributed by atoms with Crippen LogP contribution in [0.25, 0.3) is 0 Å². The van der Waals surface area contributed by atoms with Gasteiger partial charge in [0.05, 0.1) is 24.4 Å². The first-order valence-electron chi connectivity index (χ1n) is 12.0. The van der Waals surface area contributed by atoms with Crippen LogP contribution in [0.5, 0.6) is 5.75 Å². The van der Waals surface area contributed by atoms with Gasteiger partial charge in [0.25, 0.3) is 5.91 Å². The molecule has 35 heavy (non-hydrogen) atoms. The van der Waals surface area contributed by atoms with E-state index in [0.717, 1.165) is 31.0 Å². The standard InChI is InChI=1S/C25H35N7O3/c1-7-31(18-9-8-16(22(33)26-4)12-20(18)35-6)24-28-14-19-21(29-24)32(17-10-11-27-13-17)15-25(2,3)23(34)30(19)5/h8-9,12,14,17,27H,7,10-11,13,15H2,1-6H3,(H,26,33)/t17-/m1/s1. The lowest BCUT2D eigenvalue weighted by Gasteiger charge is -2.34. The summed E-state index contributed by atoms with van der Waals surface area (Å²) in [5.41, 5.74) is 1.40. The van der Waals surface area contributed by atoms with Crippen LogP contribution in [0.3, 0.4) is 0 Å². The maximum atomic E-state index is 13.3. The molecule has 10 heteroatoms. The van der Waals surface area contributed by atoms with Crippen molar-refractivity contribution in [1.82, 2.24) is 20.6 Å². The van der Waals surface area contributed by atoms with Crippen LogP contribution in [-0.4, -0.2) is 75.2 Å². The van der Waals surface area contributed by atoms with Crippen LogP contribution in [0.2, 0.25) is 0 Å². The Balaban J connectivity index is 1.81. The van der Waals surface area contributed by atoms with E-state index in [1.165, 1.54) is 0 Å². The second kappa shape index (κ2) is 9.69. The zero-order chi connectivity index (χ0) is 25.3. The van der Waals surface area contributed by atoms with Crippen molar-refractivity contribution in [1.29, 1.82) is 0 Å². The molecule has 2 aliphatic heterocycles. The highest BCUT2D eigenvalue weighted by molar-refractivity contribution is 6.01. The van der Waals surface area contributed by atoms with E-state index >= 15 is 0 Å². The molecule has 0 radical (unpaired) electrons. The van der Waals surface area contributed by atoms with Gasteiger partial charge in [-0.2, -0.15) is 4.98 Å². The summed E-state index contributed by atoms with van der Waals surface area (Å²) in [5, 5.41) is 6.07. The number of ether oxygens (including phenoxy) is 1. The van der Waals surface area contributed by atoms with Crippen molar-refractivity contribution < 1.29 is 14.3 Å². The van der Waals surface area contributed by atoms with E-state index in [2.05, 4.69) is 20.5 Å². The highest BCUT2D eigenvalue weighted by Crippen LogP contribution is 2.40. The Labute approximate surface area is 206 Å². The summed E-state index contributed by atoms with van der Waals surface area (Å²) in [4.78, 5) is 41.0. The van der Waals surface area contributed by atoms with Crippen LogP contribution in [0.1, 0.15) is 37.6 Å². The normalized spacial score (nSPS) is 19.3. The Hall–Kier alpha value is -3.40. The summed E-state index contributed by atoms with van der Waals surface area (Å²) < 4.78 is 5.63. The predicted molar refractivity (Wildman–Crippen MR) is 137 cm³/mol. The fourth-order valence-corrected chi connectivity index (χ4v) is 4.88. The van der Waals surface area contributed by atoms with Crippen molar-refractivity contribution in [3.8, 4) is 5.75 Å². The van der Waals surface area contributed by atoms with Crippen molar-refractivity contribution >= 4 is 35.0 Å². The summed E-state index contributed by atoms with van der Waals surface area (Å²) in [6.07, 6.45) is 2.72. The van der Waals surface area contributed by atoms with Gasteiger partial charge in [0.1, 0.15) is 11.4 Å². The molecule has 2 aliphatic rings. The molecule has 0 bridgehead atoms. The lowest BCUT2D eigenvalue weighted by Crippen LogP contribution is -2.46. The average Bonchev–Trinajstić information content (AvgIpc) is 3.39. The molecule has 188 valence electrons. The molecule has 0 unspecified atom stereocenters. The maximum Gasteiger partial charge on any atom is 0.251 e. The van der Waals surface area contributed by atoms with Crippen LogP contribution >= 0.6 is 0 Å². The lowest BCUT2D eigenvalue weighted by molar-refractivity contribution is -0.125. The predicted octanol–water partition coefficient (Wildman–Crippen LogP) is 2.17. The molecule has 0 spiro atoms. The van der Waals surface area contributed by atoms with E-state index in [4.69, 9.17) is 9.72 Å². The van der Waals surface area contributed by atoms with Gasteiger partial charge < -0.3 is 30.1 Å². The fourth-order valence-electron chi connectivity index (χ4n) is 4.88. The second-order valence-electron chi connectivity index (χ2n) is 9.61. The highest BCUT2D eigenvalue weighted by atomic mass is 16.5. The van der Waals surface area contributed by atoms with Crippen LogP contribution in [0.15, 0.2) is 24.4 Å². The number of rotatable bonds is 6. The number of anilines is 4. The molecule has 1 saturated heterocycles. The lowest BCUT2D eigenvalue weighted by atomic mass is 9.91. The van der Waals surface area contributed by atoms with Crippen LogP contribution in [0.4, 0.5) is 23.1 Å². The number of carbonyl (C=O) groups is 2. The number of aromatic nitrogens is 2. The van der Waals surface area contributed by atoms with E-state index in [0.29, 0.717) is 36.0 Å². The number of carbonyl (C=O) groups excluding carboxylic acids is 2. The quantitative estimate of drug-likeness (QED) is 0.647. The summed E-state index contributed by atoms with van der Waals surface area (Å²) >= 11 is 0. The average molecular weight is 482 g/mol. The molecule has 2 amide bonds. The monoisotopic (exact) mass is 481 g/mol. The smallest absolute Gasteiger partial charge is 0.251 e. The van der Waals surface area contributed by atoms with E-state index in [-0.39, 0.29) is 17.9 Å². The van der Waals surface area contributed by atoms with Gasteiger partial charge in [0, 0.05) is 45.3 Å². The number of nitrogens with zero attached hydrogens (tertiary/aromatic N) is 5. The third-order valence-electron chi connectivity index (χ3n) is 6.81. The SMILES string of the molecule is CCN(c1ncc2c(n1)N([C@@H]1CCNC1)CC(C)(C)C(=O)N2C)c1ccc(C(=O)NC)cc1OC. The van der Waals surface area contributed by atoms with Gasteiger partial charge in [-0.3, -0.25) is 9.59 Å². The first-order valence-corrected chi connectivity index (χ1v) is 12.0. The third kappa shape index (κ3) is 4.50. The van der Waals surface area contributed by atoms with Crippen LogP contribution in [-0.2, 0) is 4.79 Å². The summed E-state index contributed by atoms with van der Waals surface area (Å²) in [6.45, 7) is 8.92. The van der Waals surface area contributed by atoms with Crippen molar-refractivity contribution in [2.24, 2.45) is 5.41 Å². The molecule has 10 nitrogen and oxygen atoms in total. The molecule has 2 N–H and O–H groups in total. The molecule has 2 aromatic rings. The van der Waals surface area contributed by atoms with Crippen molar-refractivity contribution in [3.05, 3.63) is 30.0 Å². The maximum absolute atomic E-state index is 13.3. The molecule has 1 fully saturated rings. The molecular weight excluding hydrogens is 446 g/mol. The van der Waals surface area contributed by atoms with E-state index in [9.17, 15) is 9.59 Å². The zero-order valence-electron chi connectivity index (χ0n) is 21.4. The number of hydrogen-bond donors (Lipinski definition) is 2. The second-order valence-corrected chi connectivity index (χ2v) is 9.61. The number of benzene rings is 1. The zero-order valence-corrected chi connectivity index (χ0v) is 21.4. The van der Waals surface area contributed by atoms with Gasteiger partial charge in [0.15, 0.2) is 5.82 Å². The minimum atomic E-state index is -0.568. The fraction of sp³-hybridized carbons (Fsp3) is 0.520. The minimum absolute atomic E-state index is 0.0439. The Morgan fingerprint density at radius 2 is 2.14 bits per heavy atom. The Morgan fingerprint density at radius 1 is 1.37 bits per heavy atom. The van der Waals surface area contributed by atoms with Gasteiger partial charge in [-0.05, 0) is 51.9 Å². The Kier molecular flexibility index (Phi) is 6.84. The van der Waals surface area contributed by atoms with E-state index in [1.54, 1.807) is 44.4 Å². The van der Waals surface area contributed by atoms with E-state index < -0.39 is 5.41 Å². The highest BCUT2D eigenvalue weighted by Gasteiger charge is 2.41. The van der Waals surface area contributed by atoms with Crippen molar-refractivity contribution in [2.45, 2.75) is 33.2 Å². The Morgan fingerprint density at radius 3 is 2.77 bits per heavy atom. The van der Waals surface area contributed by atoms with Gasteiger partial charge in [-0.1, -0.05) is 0 Å². The van der Waals surface area contributed by atoms with Crippen LogP contribution < -0.4 is 30.1 Å². The van der Waals surface area contributed by atoms with Gasteiger partial charge in [0.2, 0.25) is 11.9 Å². The molecule has 3 heterocycles. The summed E-state index contributed by atoms with van der Waals surface area (Å²) in [7, 11) is 4.97. The third-order valence-corrected chi connectivity index (χ3v) is 6.81. The van der Waals surface area contributed by atoms with Gasteiger partial charge in [-0.25, -0.2) is 4.98 Å². The van der Waals surface area contributed by atoms with Crippen LogP contribution in [0, 0.1) is 5.41 Å². The minimum Gasteiger partial charge on any atom is -0.495 e. The molecule has 1 aromatic carbocycles. The molecular formula is C25H35N7O3.